The molecule has 5 nitrogen and oxygen atoms in total. The SMILES string of the molecule is CCNC(=O)C(C)NC(C(=O)O)C(C)C. The molecule has 0 radical (unpaired) electrons. The van der Waals surface area contributed by atoms with E-state index in [0.29, 0.717) is 6.54 Å². The van der Waals surface area contributed by atoms with Crippen LogP contribution in [0.3, 0.4) is 0 Å². The summed E-state index contributed by atoms with van der Waals surface area (Å²) in [5, 5.41) is 14.3. The molecule has 0 aliphatic heterocycles. The molecule has 2 atom stereocenters. The molecule has 15 heavy (non-hydrogen) atoms. The van der Waals surface area contributed by atoms with Gasteiger partial charge in [0.15, 0.2) is 0 Å². The smallest absolute Gasteiger partial charge is 0.320 e. The Bertz CT molecular complexity index is 229. The Morgan fingerprint density at radius 3 is 2.13 bits per heavy atom. The quantitative estimate of drug-likeness (QED) is 0.593. The van der Waals surface area contributed by atoms with E-state index in [1.54, 1.807) is 20.8 Å². The van der Waals surface area contributed by atoms with Gasteiger partial charge in [-0.25, -0.2) is 0 Å². The first-order valence-corrected chi connectivity index (χ1v) is 5.16. The van der Waals surface area contributed by atoms with Gasteiger partial charge in [0.2, 0.25) is 5.91 Å². The molecule has 0 aliphatic rings. The van der Waals surface area contributed by atoms with Crippen LogP contribution in [0.25, 0.3) is 0 Å². The van der Waals surface area contributed by atoms with Gasteiger partial charge in [-0.2, -0.15) is 0 Å². The summed E-state index contributed by atoms with van der Waals surface area (Å²) in [5.41, 5.74) is 0. The fourth-order valence-electron chi connectivity index (χ4n) is 1.22. The molecule has 1 amide bonds. The van der Waals surface area contributed by atoms with Crippen LogP contribution in [0.15, 0.2) is 0 Å². The van der Waals surface area contributed by atoms with Crippen LogP contribution in [0.1, 0.15) is 27.7 Å². The maximum absolute atomic E-state index is 11.4. The van der Waals surface area contributed by atoms with Crippen molar-refractivity contribution in [3.63, 3.8) is 0 Å². The number of amides is 1. The second-order valence-electron chi connectivity index (χ2n) is 3.84. The van der Waals surface area contributed by atoms with E-state index in [4.69, 9.17) is 5.11 Å². The summed E-state index contributed by atoms with van der Waals surface area (Å²) in [4.78, 5) is 22.2. The van der Waals surface area contributed by atoms with E-state index in [1.165, 1.54) is 0 Å². The van der Waals surface area contributed by atoms with Crippen LogP contribution in [-0.2, 0) is 9.59 Å². The molecular formula is C10H20N2O3. The van der Waals surface area contributed by atoms with E-state index in [2.05, 4.69) is 10.6 Å². The summed E-state index contributed by atoms with van der Waals surface area (Å²) in [6.07, 6.45) is 0. The highest BCUT2D eigenvalue weighted by molar-refractivity contribution is 5.82. The summed E-state index contributed by atoms with van der Waals surface area (Å²) >= 11 is 0. The lowest BCUT2D eigenvalue weighted by molar-refractivity contribution is -0.141. The molecule has 2 unspecified atom stereocenters. The minimum Gasteiger partial charge on any atom is -0.480 e. The largest absolute Gasteiger partial charge is 0.480 e. The first-order chi connectivity index (χ1) is 6.90. The van der Waals surface area contributed by atoms with Crippen LogP contribution in [0, 0.1) is 5.92 Å². The number of carbonyl (C=O) groups is 2. The monoisotopic (exact) mass is 216 g/mol. The van der Waals surface area contributed by atoms with Gasteiger partial charge in [0, 0.05) is 6.54 Å². The molecule has 0 spiro atoms. The van der Waals surface area contributed by atoms with Crippen LogP contribution in [-0.4, -0.2) is 35.6 Å². The highest BCUT2D eigenvalue weighted by Gasteiger charge is 2.25. The Morgan fingerprint density at radius 1 is 1.27 bits per heavy atom. The van der Waals surface area contributed by atoms with Crippen molar-refractivity contribution in [3.8, 4) is 0 Å². The predicted molar refractivity (Wildman–Crippen MR) is 57.5 cm³/mol. The number of aliphatic carboxylic acids is 1. The van der Waals surface area contributed by atoms with Crippen molar-refractivity contribution in [1.82, 2.24) is 10.6 Å². The second-order valence-corrected chi connectivity index (χ2v) is 3.84. The number of nitrogens with one attached hydrogen (secondary N) is 2. The number of carbonyl (C=O) groups excluding carboxylic acids is 1. The fourth-order valence-corrected chi connectivity index (χ4v) is 1.22. The van der Waals surface area contributed by atoms with Crippen molar-refractivity contribution in [2.75, 3.05) is 6.54 Å². The zero-order valence-electron chi connectivity index (χ0n) is 9.70. The van der Waals surface area contributed by atoms with E-state index in [9.17, 15) is 9.59 Å². The topological polar surface area (TPSA) is 78.4 Å². The van der Waals surface area contributed by atoms with Crippen LogP contribution in [0.5, 0.6) is 0 Å². The van der Waals surface area contributed by atoms with Gasteiger partial charge in [-0.1, -0.05) is 13.8 Å². The zero-order valence-corrected chi connectivity index (χ0v) is 9.70. The molecule has 88 valence electrons. The normalized spacial score (nSPS) is 14.7. The number of carboxylic acid groups (broad SMARTS) is 1. The number of hydrogen-bond acceptors (Lipinski definition) is 3. The summed E-state index contributed by atoms with van der Waals surface area (Å²) in [6.45, 7) is 7.63. The molecule has 0 aromatic heterocycles. The molecule has 0 rings (SSSR count). The van der Waals surface area contributed by atoms with Crippen molar-refractivity contribution in [3.05, 3.63) is 0 Å². The zero-order chi connectivity index (χ0) is 12.0. The van der Waals surface area contributed by atoms with Gasteiger partial charge in [0.1, 0.15) is 6.04 Å². The van der Waals surface area contributed by atoms with E-state index in [0.717, 1.165) is 0 Å². The molecule has 3 N–H and O–H groups in total. The Labute approximate surface area is 90.2 Å². The Hall–Kier alpha value is -1.10. The third kappa shape index (κ3) is 4.78. The lowest BCUT2D eigenvalue weighted by Crippen LogP contribution is -2.51. The highest BCUT2D eigenvalue weighted by atomic mass is 16.4. The lowest BCUT2D eigenvalue weighted by atomic mass is 10.0. The van der Waals surface area contributed by atoms with Crippen molar-refractivity contribution in [1.29, 1.82) is 0 Å². The van der Waals surface area contributed by atoms with Gasteiger partial charge in [-0.05, 0) is 19.8 Å². The molecule has 0 fully saturated rings. The Kier molecular flexibility index (Phi) is 5.93. The van der Waals surface area contributed by atoms with Crippen molar-refractivity contribution in [2.45, 2.75) is 39.8 Å². The minimum atomic E-state index is -0.929. The van der Waals surface area contributed by atoms with Gasteiger partial charge in [0.05, 0.1) is 6.04 Å². The maximum Gasteiger partial charge on any atom is 0.320 e. The highest BCUT2D eigenvalue weighted by Crippen LogP contribution is 2.03. The van der Waals surface area contributed by atoms with Gasteiger partial charge < -0.3 is 10.4 Å². The Balaban J connectivity index is 4.28. The molecular weight excluding hydrogens is 196 g/mol. The summed E-state index contributed by atoms with van der Waals surface area (Å²) in [5.74, 6) is -1.16. The van der Waals surface area contributed by atoms with Crippen LogP contribution in [0.4, 0.5) is 0 Å². The van der Waals surface area contributed by atoms with E-state index >= 15 is 0 Å². The van der Waals surface area contributed by atoms with Crippen molar-refractivity contribution >= 4 is 11.9 Å². The number of hydrogen-bond donors (Lipinski definition) is 3. The summed E-state index contributed by atoms with van der Waals surface area (Å²) in [7, 11) is 0. The molecule has 0 aliphatic carbocycles. The lowest BCUT2D eigenvalue weighted by Gasteiger charge is -2.22. The number of carboxylic acids is 1. The number of likely N-dealkylation sites (N-methyl/N-ethyl adjacent to an activating group) is 1. The van der Waals surface area contributed by atoms with Crippen molar-refractivity contribution in [2.24, 2.45) is 5.92 Å². The fraction of sp³-hybridized carbons (Fsp3) is 0.800. The molecule has 0 bridgehead atoms. The van der Waals surface area contributed by atoms with Crippen LogP contribution >= 0.6 is 0 Å². The van der Waals surface area contributed by atoms with E-state index in [1.807, 2.05) is 6.92 Å². The van der Waals surface area contributed by atoms with Gasteiger partial charge in [-0.15, -0.1) is 0 Å². The molecule has 0 aromatic carbocycles. The Morgan fingerprint density at radius 2 is 1.80 bits per heavy atom. The molecule has 0 saturated carbocycles. The number of rotatable bonds is 6. The predicted octanol–water partition coefficient (Wildman–Crippen LogP) is 0.210. The summed E-state index contributed by atoms with van der Waals surface area (Å²) in [6, 6.07) is -1.18. The van der Waals surface area contributed by atoms with E-state index in [-0.39, 0.29) is 11.8 Å². The van der Waals surface area contributed by atoms with Crippen LogP contribution in [0.2, 0.25) is 0 Å². The van der Waals surface area contributed by atoms with Gasteiger partial charge >= 0.3 is 5.97 Å². The molecule has 0 heterocycles. The molecule has 0 aromatic rings. The molecule has 0 saturated heterocycles. The van der Waals surface area contributed by atoms with Gasteiger partial charge in [-0.3, -0.25) is 14.9 Å². The standard InChI is InChI=1S/C10H20N2O3/c1-5-11-9(13)7(4)12-8(6(2)3)10(14)15/h6-8,12H,5H2,1-4H3,(H,11,13)(H,14,15). The van der Waals surface area contributed by atoms with Crippen molar-refractivity contribution < 1.29 is 14.7 Å². The average Bonchev–Trinajstić information content (AvgIpc) is 2.12. The molecule has 5 heteroatoms. The average molecular weight is 216 g/mol. The second kappa shape index (κ2) is 6.40. The third-order valence-corrected chi connectivity index (χ3v) is 2.11. The first-order valence-electron chi connectivity index (χ1n) is 5.16. The van der Waals surface area contributed by atoms with Crippen LogP contribution < -0.4 is 10.6 Å². The first kappa shape index (κ1) is 13.9. The summed E-state index contributed by atoms with van der Waals surface area (Å²) < 4.78 is 0. The third-order valence-electron chi connectivity index (χ3n) is 2.11. The minimum absolute atomic E-state index is 0.0561. The maximum atomic E-state index is 11.4. The van der Waals surface area contributed by atoms with Gasteiger partial charge in [0.25, 0.3) is 0 Å². The van der Waals surface area contributed by atoms with E-state index < -0.39 is 18.1 Å².